The Morgan fingerprint density at radius 2 is 1.67 bits per heavy atom. The van der Waals surface area contributed by atoms with E-state index in [2.05, 4.69) is 10.0 Å². The Kier molecular flexibility index (Phi) is 6.28. The quantitative estimate of drug-likeness (QED) is 0.564. The third-order valence-corrected chi connectivity index (χ3v) is 6.06. The van der Waals surface area contributed by atoms with Gasteiger partial charge in [0.05, 0.1) is 17.7 Å². The van der Waals surface area contributed by atoms with Crippen molar-refractivity contribution in [3.63, 3.8) is 0 Å². The van der Waals surface area contributed by atoms with E-state index in [1.54, 1.807) is 19.1 Å². The smallest absolute Gasteiger partial charge is 0.261 e. The molecule has 3 rings (SSSR count). The van der Waals surface area contributed by atoms with E-state index < -0.39 is 21.7 Å². The van der Waals surface area contributed by atoms with Gasteiger partial charge in [0.15, 0.2) is 0 Å². The Balaban J connectivity index is 1.75. The van der Waals surface area contributed by atoms with Gasteiger partial charge in [-0.1, -0.05) is 11.6 Å². The summed E-state index contributed by atoms with van der Waals surface area (Å²) in [6, 6.07) is 13.6. The Hall–Kier alpha value is -3.10. The van der Waals surface area contributed by atoms with Crippen LogP contribution < -0.4 is 14.8 Å². The number of carbonyl (C=O) groups excluding carboxylic acids is 1. The van der Waals surface area contributed by atoms with Gasteiger partial charge in [-0.3, -0.25) is 9.52 Å². The third-order valence-electron chi connectivity index (χ3n) is 4.25. The lowest BCUT2D eigenvalue weighted by atomic mass is 10.1. The SMILES string of the molecule is COc1cc(Cl)c(C)cc1NC(=O)c1ccc(NS(=O)(=O)c2ccc(F)cc2)cc1. The van der Waals surface area contributed by atoms with Gasteiger partial charge in [0.2, 0.25) is 0 Å². The zero-order chi connectivity index (χ0) is 21.9. The molecule has 0 saturated carbocycles. The zero-order valence-corrected chi connectivity index (χ0v) is 17.6. The summed E-state index contributed by atoms with van der Waals surface area (Å²) in [5.41, 5.74) is 1.81. The fraction of sp³-hybridized carbons (Fsp3) is 0.0952. The average molecular weight is 449 g/mol. The molecule has 0 aliphatic heterocycles. The maximum Gasteiger partial charge on any atom is 0.261 e. The number of amides is 1. The molecular weight excluding hydrogens is 431 g/mol. The maximum absolute atomic E-state index is 13.0. The van der Waals surface area contributed by atoms with Gasteiger partial charge in [0.25, 0.3) is 15.9 Å². The standard InChI is InChI=1S/C21H18ClFN2O4S/c1-13-11-19(20(29-2)12-18(13)22)24-21(26)14-3-7-16(8-4-14)25-30(27,28)17-9-5-15(23)6-10-17/h3-12,25H,1-2H3,(H,24,26). The molecule has 0 saturated heterocycles. The Labute approximate surface area is 178 Å². The fourth-order valence-corrected chi connectivity index (χ4v) is 3.85. The molecule has 6 nitrogen and oxygen atoms in total. The normalized spacial score (nSPS) is 11.1. The summed E-state index contributed by atoms with van der Waals surface area (Å²) < 4.78 is 45.4. The molecule has 0 radical (unpaired) electrons. The van der Waals surface area contributed by atoms with E-state index in [9.17, 15) is 17.6 Å². The lowest BCUT2D eigenvalue weighted by molar-refractivity contribution is 0.102. The first-order valence-corrected chi connectivity index (χ1v) is 10.6. The van der Waals surface area contributed by atoms with E-state index in [1.165, 1.54) is 43.5 Å². The number of anilines is 2. The van der Waals surface area contributed by atoms with Crippen LogP contribution in [-0.2, 0) is 10.0 Å². The van der Waals surface area contributed by atoms with Gasteiger partial charge in [-0.25, -0.2) is 12.8 Å². The first-order chi connectivity index (χ1) is 14.2. The molecule has 0 fully saturated rings. The van der Waals surface area contributed by atoms with Crippen LogP contribution in [0.4, 0.5) is 15.8 Å². The van der Waals surface area contributed by atoms with E-state index in [0.29, 0.717) is 22.0 Å². The minimum atomic E-state index is -3.88. The molecule has 0 atom stereocenters. The molecule has 30 heavy (non-hydrogen) atoms. The van der Waals surface area contributed by atoms with Gasteiger partial charge >= 0.3 is 0 Å². The second kappa shape index (κ2) is 8.73. The molecule has 0 bridgehead atoms. The molecule has 0 aromatic heterocycles. The number of ether oxygens (including phenoxy) is 1. The van der Waals surface area contributed by atoms with Crippen molar-refractivity contribution in [3.8, 4) is 5.75 Å². The van der Waals surface area contributed by atoms with Crippen molar-refractivity contribution in [2.24, 2.45) is 0 Å². The average Bonchev–Trinajstić information content (AvgIpc) is 2.71. The minimum absolute atomic E-state index is 0.0732. The van der Waals surface area contributed by atoms with Crippen molar-refractivity contribution in [3.05, 3.63) is 82.6 Å². The monoisotopic (exact) mass is 448 g/mol. The number of carbonyl (C=O) groups is 1. The molecule has 1 amide bonds. The summed E-state index contributed by atoms with van der Waals surface area (Å²) in [7, 11) is -2.40. The van der Waals surface area contributed by atoms with Crippen LogP contribution in [0.15, 0.2) is 65.6 Å². The number of nitrogens with one attached hydrogen (secondary N) is 2. The van der Waals surface area contributed by atoms with Gasteiger partial charge in [-0.15, -0.1) is 0 Å². The molecule has 0 spiro atoms. The molecular formula is C21H18ClFN2O4S. The van der Waals surface area contributed by atoms with Crippen LogP contribution in [0.5, 0.6) is 5.75 Å². The number of hydrogen-bond acceptors (Lipinski definition) is 4. The third kappa shape index (κ3) is 4.90. The summed E-state index contributed by atoms with van der Waals surface area (Å²) >= 11 is 6.07. The highest BCUT2D eigenvalue weighted by molar-refractivity contribution is 7.92. The van der Waals surface area contributed by atoms with Crippen molar-refractivity contribution in [1.29, 1.82) is 0 Å². The number of aryl methyl sites for hydroxylation is 1. The van der Waals surface area contributed by atoms with Gasteiger partial charge in [-0.2, -0.15) is 0 Å². The van der Waals surface area contributed by atoms with Gasteiger partial charge < -0.3 is 10.1 Å². The molecule has 0 aliphatic carbocycles. The molecule has 3 aromatic carbocycles. The second-order valence-electron chi connectivity index (χ2n) is 6.39. The predicted molar refractivity (Wildman–Crippen MR) is 114 cm³/mol. The molecule has 0 aliphatic rings. The van der Waals surface area contributed by atoms with E-state index in [1.807, 2.05) is 0 Å². The highest BCUT2D eigenvalue weighted by Crippen LogP contribution is 2.31. The summed E-state index contributed by atoms with van der Waals surface area (Å²) in [5, 5.41) is 3.26. The Morgan fingerprint density at radius 1 is 1.03 bits per heavy atom. The van der Waals surface area contributed by atoms with E-state index in [-0.39, 0.29) is 10.6 Å². The van der Waals surface area contributed by atoms with E-state index in [4.69, 9.17) is 16.3 Å². The number of sulfonamides is 1. The van der Waals surface area contributed by atoms with Crippen molar-refractivity contribution < 1.29 is 22.3 Å². The van der Waals surface area contributed by atoms with Crippen molar-refractivity contribution >= 4 is 38.9 Å². The molecule has 3 aromatic rings. The van der Waals surface area contributed by atoms with Crippen molar-refractivity contribution in [1.82, 2.24) is 0 Å². The van der Waals surface area contributed by atoms with E-state index in [0.717, 1.165) is 17.7 Å². The first-order valence-electron chi connectivity index (χ1n) is 8.73. The van der Waals surface area contributed by atoms with E-state index >= 15 is 0 Å². The molecule has 0 unspecified atom stereocenters. The van der Waals surface area contributed by atoms with Crippen LogP contribution in [-0.4, -0.2) is 21.4 Å². The van der Waals surface area contributed by atoms with Gasteiger partial charge in [0.1, 0.15) is 11.6 Å². The predicted octanol–water partition coefficient (Wildman–Crippen LogP) is 4.85. The van der Waals surface area contributed by atoms with Gasteiger partial charge in [-0.05, 0) is 67.1 Å². The molecule has 2 N–H and O–H groups in total. The van der Waals surface area contributed by atoms with Crippen molar-refractivity contribution in [2.45, 2.75) is 11.8 Å². The lowest BCUT2D eigenvalue weighted by Crippen LogP contribution is -2.14. The first kappa shape index (κ1) is 21.6. The number of methoxy groups -OCH3 is 1. The summed E-state index contributed by atoms with van der Waals surface area (Å²) in [6.45, 7) is 1.81. The summed E-state index contributed by atoms with van der Waals surface area (Å²) in [4.78, 5) is 12.5. The number of benzene rings is 3. The number of rotatable bonds is 6. The fourth-order valence-electron chi connectivity index (χ4n) is 2.64. The van der Waals surface area contributed by atoms with Crippen LogP contribution >= 0.6 is 11.6 Å². The molecule has 156 valence electrons. The Bertz CT molecular complexity index is 1180. The van der Waals surface area contributed by atoms with Crippen LogP contribution in [0.25, 0.3) is 0 Å². The maximum atomic E-state index is 13.0. The largest absolute Gasteiger partial charge is 0.495 e. The zero-order valence-electron chi connectivity index (χ0n) is 16.1. The second-order valence-corrected chi connectivity index (χ2v) is 8.48. The highest BCUT2D eigenvalue weighted by Gasteiger charge is 2.15. The topological polar surface area (TPSA) is 84.5 Å². The number of hydrogen-bond donors (Lipinski definition) is 2. The van der Waals surface area contributed by atoms with Crippen LogP contribution in [0.3, 0.4) is 0 Å². The minimum Gasteiger partial charge on any atom is -0.495 e. The van der Waals surface area contributed by atoms with Crippen LogP contribution in [0.1, 0.15) is 15.9 Å². The van der Waals surface area contributed by atoms with Crippen LogP contribution in [0.2, 0.25) is 5.02 Å². The lowest BCUT2D eigenvalue weighted by Gasteiger charge is -2.13. The summed E-state index contributed by atoms with van der Waals surface area (Å²) in [6.07, 6.45) is 0. The highest BCUT2D eigenvalue weighted by atomic mass is 35.5. The molecule has 0 heterocycles. The Morgan fingerprint density at radius 3 is 2.27 bits per heavy atom. The van der Waals surface area contributed by atoms with Crippen LogP contribution in [0, 0.1) is 12.7 Å². The van der Waals surface area contributed by atoms with Crippen molar-refractivity contribution in [2.75, 3.05) is 17.1 Å². The molecule has 9 heteroatoms. The summed E-state index contributed by atoms with van der Waals surface area (Å²) in [5.74, 6) is -0.512. The van der Waals surface area contributed by atoms with Gasteiger partial charge in [0, 0.05) is 22.3 Å². The number of halogens is 2.